The van der Waals surface area contributed by atoms with E-state index in [1.807, 2.05) is 0 Å². The molecule has 1 atom stereocenters. The molecular weight excluding hydrogens is 302 g/mol. The second kappa shape index (κ2) is 5.22. The normalized spacial score (nSPS) is 12.1. The number of benzene rings is 1. The molecule has 5 nitrogen and oxygen atoms in total. The lowest BCUT2D eigenvalue weighted by molar-refractivity contribution is -0.144. The molecule has 0 spiro atoms. The molecular formula is C12H10BrNO4. The van der Waals surface area contributed by atoms with E-state index in [1.54, 1.807) is 24.4 Å². The molecule has 0 saturated heterocycles. The Balaban J connectivity index is 2.38. The van der Waals surface area contributed by atoms with Gasteiger partial charge >= 0.3 is 5.97 Å². The molecule has 1 heterocycles. The van der Waals surface area contributed by atoms with Crippen LogP contribution in [-0.4, -0.2) is 22.2 Å². The molecule has 18 heavy (non-hydrogen) atoms. The average molecular weight is 312 g/mol. The first-order valence-corrected chi connectivity index (χ1v) is 5.95. The van der Waals surface area contributed by atoms with Crippen LogP contribution in [0.1, 0.15) is 6.92 Å². The molecule has 94 valence electrons. The van der Waals surface area contributed by atoms with Crippen LogP contribution in [0, 0.1) is 0 Å². The minimum atomic E-state index is -1.03. The van der Waals surface area contributed by atoms with Gasteiger partial charge in [-0.05, 0) is 25.1 Å². The van der Waals surface area contributed by atoms with Gasteiger partial charge in [0.05, 0.1) is 11.8 Å². The van der Waals surface area contributed by atoms with Crippen molar-refractivity contribution < 1.29 is 19.1 Å². The van der Waals surface area contributed by atoms with Crippen molar-refractivity contribution in [1.82, 2.24) is 4.98 Å². The molecule has 0 amide bonds. The first-order valence-electron chi connectivity index (χ1n) is 5.16. The topological polar surface area (TPSA) is 72.6 Å². The zero-order valence-corrected chi connectivity index (χ0v) is 11.0. The van der Waals surface area contributed by atoms with Gasteiger partial charge in [-0.1, -0.05) is 15.9 Å². The molecule has 2 aromatic rings. The smallest absolute Gasteiger partial charge is 0.344 e. The van der Waals surface area contributed by atoms with E-state index in [0.717, 1.165) is 4.47 Å². The SMILES string of the molecule is C[C@H](Oc1ccc(Br)cc1-c1cnco1)C(=O)O. The van der Waals surface area contributed by atoms with Gasteiger partial charge in [0.15, 0.2) is 18.3 Å². The number of nitrogens with zero attached hydrogens (tertiary/aromatic N) is 1. The summed E-state index contributed by atoms with van der Waals surface area (Å²) in [6, 6.07) is 5.23. The number of hydrogen-bond acceptors (Lipinski definition) is 4. The Morgan fingerprint density at radius 3 is 2.94 bits per heavy atom. The Bertz CT molecular complexity index is 553. The highest BCUT2D eigenvalue weighted by molar-refractivity contribution is 9.10. The minimum Gasteiger partial charge on any atom is -0.479 e. The fraction of sp³-hybridized carbons (Fsp3) is 0.167. The van der Waals surface area contributed by atoms with Crippen molar-refractivity contribution in [2.24, 2.45) is 0 Å². The third-order valence-corrected chi connectivity index (χ3v) is 2.78. The van der Waals surface area contributed by atoms with Crippen LogP contribution in [0.25, 0.3) is 11.3 Å². The van der Waals surface area contributed by atoms with Crippen LogP contribution in [-0.2, 0) is 4.79 Å². The fourth-order valence-electron chi connectivity index (χ4n) is 1.39. The summed E-state index contributed by atoms with van der Waals surface area (Å²) in [4.78, 5) is 14.6. The first kappa shape index (κ1) is 12.6. The van der Waals surface area contributed by atoms with E-state index in [4.69, 9.17) is 14.3 Å². The number of aromatic nitrogens is 1. The molecule has 0 aliphatic rings. The summed E-state index contributed by atoms with van der Waals surface area (Å²) < 4.78 is 11.4. The first-order chi connectivity index (χ1) is 8.58. The van der Waals surface area contributed by atoms with Gasteiger partial charge in [-0.2, -0.15) is 0 Å². The third kappa shape index (κ3) is 2.70. The van der Waals surface area contributed by atoms with Crippen molar-refractivity contribution in [3.63, 3.8) is 0 Å². The lowest BCUT2D eigenvalue weighted by atomic mass is 10.1. The second-order valence-corrected chi connectivity index (χ2v) is 4.52. The molecule has 1 aromatic heterocycles. The van der Waals surface area contributed by atoms with Crippen molar-refractivity contribution in [2.45, 2.75) is 13.0 Å². The van der Waals surface area contributed by atoms with Crippen molar-refractivity contribution in [2.75, 3.05) is 0 Å². The molecule has 0 fully saturated rings. The van der Waals surface area contributed by atoms with E-state index in [0.29, 0.717) is 17.1 Å². The molecule has 2 rings (SSSR count). The summed E-state index contributed by atoms with van der Waals surface area (Å²) in [5.74, 6) is -0.0739. The predicted molar refractivity (Wildman–Crippen MR) is 67.4 cm³/mol. The Hall–Kier alpha value is -1.82. The number of hydrogen-bond donors (Lipinski definition) is 1. The number of halogens is 1. The summed E-state index contributed by atoms with van der Waals surface area (Å²) in [7, 11) is 0. The van der Waals surface area contributed by atoms with Crippen LogP contribution >= 0.6 is 15.9 Å². The van der Waals surface area contributed by atoms with Crippen molar-refractivity contribution >= 4 is 21.9 Å². The zero-order chi connectivity index (χ0) is 13.1. The van der Waals surface area contributed by atoms with Gasteiger partial charge in [-0.3, -0.25) is 0 Å². The monoisotopic (exact) mass is 311 g/mol. The van der Waals surface area contributed by atoms with E-state index in [2.05, 4.69) is 20.9 Å². The molecule has 1 aromatic carbocycles. The predicted octanol–water partition coefficient (Wildman–Crippen LogP) is 2.96. The summed E-state index contributed by atoms with van der Waals surface area (Å²) in [5.41, 5.74) is 0.648. The summed E-state index contributed by atoms with van der Waals surface area (Å²) in [6.45, 7) is 1.47. The minimum absolute atomic E-state index is 0.435. The summed E-state index contributed by atoms with van der Waals surface area (Å²) in [5, 5.41) is 8.85. The average Bonchev–Trinajstić information content (AvgIpc) is 2.84. The highest BCUT2D eigenvalue weighted by Crippen LogP contribution is 2.33. The number of carboxylic acid groups (broad SMARTS) is 1. The quantitative estimate of drug-likeness (QED) is 0.939. The molecule has 0 radical (unpaired) electrons. The number of oxazole rings is 1. The van der Waals surface area contributed by atoms with E-state index < -0.39 is 12.1 Å². The van der Waals surface area contributed by atoms with E-state index >= 15 is 0 Å². The van der Waals surface area contributed by atoms with Crippen molar-refractivity contribution in [3.05, 3.63) is 35.3 Å². The Kier molecular flexibility index (Phi) is 3.66. The molecule has 0 unspecified atom stereocenters. The molecule has 0 bridgehead atoms. The van der Waals surface area contributed by atoms with E-state index in [9.17, 15) is 4.79 Å². The highest BCUT2D eigenvalue weighted by atomic mass is 79.9. The van der Waals surface area contributed by atoms with Crippen LogP contribution in [0.3, 0.4) is 0 Å². The maximum absolute atomic E-state index is 10.8. The maximum atomic E-state index is 10.8. The Morgan fingerprint density at radius 1 is 1.56 bits per heavy atom. The zero-order valence-electron chi connectivity index (χ0n) is 9.46. The van der Waals surface area contributed by atoms with Crippen LogP contribution in [0.2, 0.25) is 0 Å². The fourth-order valence-corrected chi connectivity index (χ4v) is 1.75. The van der Waals surface area contributed by atoms with Crippen molar-refractivity contribution in [3.8, 4) is 17.1 Å². The van der Waals surface area contributed by atoms with Crippen LogP contribution in [0.15, 0.2) is 39.7 Å². The van der Waals surface area contributed by atoms with Gasteiger partial charge < -0.3 is 14.3 Å². The van der Waals surface area contributed by atoms with E-state index in [-0.39, 0.29) is 0 Å². The van der Waals surface area contributed by atoms with Crippen LogP contribution < -0.4 is 4.74 Å². The number of rotatable bonds is 4. The molecule has 6 heteroatoms. The lowest BCUT2D eigenvalue weighted by Gasteiger charge is -2.13. The largest absolute Gasteiger partial charge is 0.479 e. The molecule has 1 N–H and O–H groups in total. The Labute approximate surface area is 112 Å². The number of carboxylic acids is 1. The Morgan fingerprint density at radius 2 is 2.33 bits per heavy atom. The van der Waals surface area contributed by atoms with Gasteiger partial charge in [-0.15, -0.1) is 0 Å². The maximum Gasteiger partial charge on any atom is 0.344 e. The van der Waals surface area contributed by atoms with Gasteiger partial charge in [-0.25, -0.2) is 9.78 Å². The molecule has 0 aliphatic heterocycles. The van der Waals surface area contributed by atoms with Gasteiger partial charge in [0.2, 0.25) is 0 Å². The van der Waals surface area contributed by atoms with Gasteiger partial charge in [0.1, 0.15) is 5.75 Å². The summed E-state index contributed by atoms with van der Waals surface area (Å²) >= 11 is 3.34. The third-order valence-electron chi connectivity index (χ3n) is 2.29. The lowest BCUT2D eigenvalue weighted by Crippen LogP contribution is -2.23. The van der Waals surface area contributed by atoms with Crippen LogP contribution in [0.4, 0.5) is 0 Å². The van der Waals surface area contributed by atoms with Gasteiger partial charge in [0, 0.05) is 4.47 Å². The number of ether oxygens (including phenoxy) is 1. The highest BCUT2D eigenvalue weighted by Gasteiger charge is 2.17. The number of aliphatic carboxylic acids is 1. The molecule has 0 saturated carbocycles. The van der Waals surface area contributed by atoms with Crippen LogP contribution in [0.5, 0.6) is 5.75 Å². The van der Waals surface area contributed by atoms with Crippen molar-refractivity contribution in [1.29, 1.82) is 0 Å². The number of carbonyl (C=O) groups is 1. The van der Waals surface area contributed by atoms with E-state index in [1.165, 1.54) is 13.3 Å². The standard InChI is InChI=1S/C12H10BrNO4/c1-7(12(15)16)18-10-3-2-8(13)4-9(10)11-5-14-6-17-11/h2-7H,1H3,(H,15,16)/t7-/m0/s1. The summed E-state index contributed by atoms with van der Waals surface area (Å²) in [6.07, 6.45) is 1.91. The molecule has 0 aliphatic carbocycles. The van der Waals surface area contributed by atoms with Gasteiger partial charge in [0.25, 0.3) is 0 Å². The second-order valence-electron chi connectivity index (χ2n) is 3.60.